The summed E-state index contributed by atoms with van der Waals surface area (Å²) in [4.78, 5) is 26.4. The molecule has 4 heterocycles. The Balaban J connectivity index is 1.32. The highest BCUT2D eigenvalue weighted by molar-refractivity contribution is 5.95. The van der Waals surface area contributed by atoms with Gasteiger partial charge in [-0.3, -0.25) is 9.78 Å². The van der Waals surface area contributed by atoms with Crippen molar-refractivity contribution in [3.05, 3.63) is 66.1 Å². The molecule has 0 N–H and O–H groups in total. The van der Waals surface area contributed by atoms with Gasteiger partial charge in [0.25, 0.3) is 5.91 Å². The van der Waals surface area contributed by atoms with Crippen molar-refractivity contribution >= 4 is 22.5 Å². The average Bonchev–Trinajstić information content (AvgIpc) is 3.10. The molecule has 1 atom stereocenters. The van der Waals surface area contributed by atoms with Gasteiger partial charge in [0.1, 0.15) is 5.82 Å². The van der Waals surface area contributed by atoms with E-state index in [1.807, 2.05) is 35.5 Å². The topological polar surface area (TPSA) is 67.8 Å². The first-order valence-electron chi connectivity index (χ1n) is 11.3. The normalized spacial score (nSPS) is 19.7. The number of carbonyl (C=O) groups is 1. The van der Waals surface area contributed by atoms with Crippen LogP contribution in [0.15, 0.2) is 55.0 Å². The van der Waals surface area contributed by atoms with Crippen molar-refractivity contribution in [2.45, 2.75) is 6.42 Å². The second-order valence-electron chi connectivity index (χ2n) is 8.42. The van der Waals surface area contributed by atoms with Gasteiger partial charge in [-0.25, -0.2) is 4.98 Å². The average molecular weight is 433 g/mol. The first-order chi connectivity index (χ1) is 15.8. The molecule has 5 rings (SSSR count). The Hall–Kier alpha value is -3.03. The fourth-order valence-corrected chi connectivity index (χ4v) is 4.54. The molecule has 0 radical (unpaired) electrons. The lowest BCUT2D eigenvalue weighted by Crippen LogP contribution is -2.38. The van der Waals surface area contributed by atoms with Crippen LogP contribution in [-0.4, -0.2) is 73.4 Å². The largest absolute Gasteiger partial charge is 0.379 e. The zero-order valence-electron chi connectivity index (χ0n) is 18.2. The molecule has 1 aromatic carbocycles. The summed E-state index contributed by atoms with van der Waals surface area (Å²) >= 11 is 0. The van der Waals surface area contributed by atoms with E-state index in [4.69, 9.17) is 9.47 Å². The van der Waals surface area contributed by atoms with E-state index in [1.165, 1.54) is 10.9 Å². The van der Waals surface area contributed by atoms with Crippen molar-refractivity contribution in [1.82, 2.24) is 14.9 Å². The number of ether oxygens (including phenoxy) is 2. The van der Waals surface area contributed by atoms with Crippen LogP contribution in [0.3, 0.4) is 0 Å². The van der Waals surface area contributed by atoms with Crippen LogP contribution in [-0.2, 0) is 15.9 Å². The number of fused-ring (bicyclic) bond motifs is 1. The third-order valence-corrected chi connectivity index (χ3v) is 6.21. The van der Waals surface area contributed by atoms with Crippen LogP contribution in [0.2, 0.25) is 0 Å². The molecular formula is C25H28N4O3. The molecule has 0 spiro atoms. The number of anilines is 1. The molecule has 2 aromatic heterocycles. The standard InChI is InChI=1S/C25H28N4O3/c30-25(20-5-6-27-24(14-20)28-7-10-31-11-8-28)29-9-12-32-18-19(17-29)13-22-16-26-15-21-3-1-2-4-23(21)22/h1-6,14-16,19H,7-13,17-18H2/t19-/m0/s1. The van der Waals surface area contributed by atoms with Gasteiger partial charge in [-0.1, -0.05) is 24.3 Å². The van der Waals surface area contributed by atoms with E-state index in [0.29, 0.717) is 45.1 Å². The van der Waals surface area contributed by atoms with E-state index in [2.05, 4.69) is 33.1 Å². The predicted molar refractivity (Wildman–Crippen MR) is 123 cm³/mol. The minimum absolute atomic E-state index is 0.0356. The highest BCUT2D eigenvalue weighted by atomic mass is 16.5. The zero-order chi connectivity index (χ0) is 21.8. The Morgan fingerprint density at radius 3 is 2.78 bits per heavy atom. The highest BCUT2D eigenvalue weighted by Crippen LogP contribution is 2.23. The number of carbonyl (C=O) groups excluding carboxylic acids is 1. The fourth-order valence-electron chi connectivity index (χ4n) is 4.54. The number of aromatic nitrogens is 2. The molecule has 166 valence electrons. The maximum atomic E-state index is 13.4. The van der Waals surface area contributed by atoms with E-state index in [9.17, 15) is 4.79 Å². The van der Waals surface area contributed by atoms with Gasteiger partial charge < -0.3 is 19.3 Å². The molecule has 2 aliphatic heterocycles. The van der Waals surface area contributed by atoms with Gasteiger partial charge in [-0.05, 0) is 29.5 Å². The third-order valence-electron chi connectivity index (χ3n) is 6.21. The summed E-state index contributed by atoms with van der Waals surface area (Å²) in [7, 11) is 0. The molecule has 1 amide bonds. The summed E-state index contributed by atoms with van der Waals surface area (Å²) in [6, 6.07) is 12.0. The van der Waals surface area contributed by atoms with Gasteiger partial charge >= 0.3 is 0 Å². The summed E-state index contributed by atoms with van der Waals surface area (Å²) in [6.45, 7) is 5.42. The number of benzene rings is 1. The molecular weight excluding hydrogens is 404 g/mol. The van der Waals surface area contributed by atoms with Gasteiger partial charge in [0, 0.05) is 61.6 Å². The lowest BCUT2D eigenvalue weighted by atomic mass is 9.96. The highest BCUT2D eigenvalue weighted by Gasteiger charge is 2.25. The molecule has 32 heavy (non-hydrogen) atoms. The Kier molecular flexibility index (Phi) is 6.27. The van der Waals surface area contributed by atoms with Gasteiger partial charge in [-0.15, -0.1) is 0 Å². The van der Waals surface area contributed by atoms with Crippen molar-refractivity contribution < 1.29 is 14.3 Å². The molecule has 2 aliphatic rings. The van der Waals surface area contributed by atoms with E-state index in [0.717, 1.165) is 30.7 Å². The molecule has 3 aromatic rings. The van der Waals surface area contributed by atoms with Crippen LogP contribution in [0.4, 0.5) is 5.82 Å². The van der Waals surface area contributed by atoms with Crippen LogP contribution in [0.1, 0.15) is 15.9 Å². The van der Waals surface area contributed by atoms with Crippen molar-refractivity contribution in [2.24, 2.45) is 5.92 Å². The van der Waals surface area contributed by atoms with Crippen LogP contribution in [0.25, 0.3) is 10.8 Å². The maximum absolute atomic E-state index is 13.4. The van der Waals surface area contributed by atoms with E-state index in [-0.39, 0.29) is 11.8 Å². The molecule has 0 aliphatic carbocycles. The van der Waals surface area contributed by atoms with Crippen molar-refractivity contribution in [3.8, 4) is 0 Å². The summed E-state index contributed by atoms with van der Waals surface area (Å²) in [6.07, 6.45) is 6.39. The van der Waals surface area contributed by atoms with Gasteiger partial charge in [0.2, 0.25) is 0 Å². The molecule has 0 bridgehead atoms. The predicted octanol–water partition coefficient (Wildman–Crippen LogP) is 2.80. The third kappa shape index (κ3) is 4.59. The van der Waals surface area contributed by atoms with E-state index < -0.39 is 0 Å². The van der Waals surface area contributed by atoms with Crippen molar-refractivity contribution in [1.29, 1.82) is 0 Å². The molecule has 7 nitrogen and oxygen atoms in total. The number of pyridine rings is 2. The minimum atomic E-state index is 0.0356. The molecule has 2 saturated heterocycles. The number of hydrogen-bond donors (Lipinski definition) is 0. The van der Waals surface area contributed by atoms with Gasteiger partial charge in [0.05, 0.1) is 26.4 Å². The molecule has 0 unspecified atom stereocenters. The second kappa shape index (κ2) is 9.63. The van der Waals surface area contributed by atoms with Gasteiger partial charge in [-0.2, -0.15) is 0 Å². The number of amides is 1. The second-order valence-corrected chi connectivity index (χ2v) is 8.42. The quantitative estimate of drug-likeness (QED) is 0.632. The van der Waals surface area contributed by atoms with Gasteiger partial charge in [0.15, 0.2) is 0 Å². The van der Waals surface area contributed by atoms with Crippen LogP contribution < -0.4 is 4.90 Å². The lowest BCUT2D eigenvalue weighted by molar-refractivity contribution is 0.0737. The summed E-state index contributed by atoms with van der Waals surface area (Å²) in [5.74, 6) is 1.09. The smallest absolute Gasteiger partial charge is 0.254 e. The Labute approximate surface area is 188 Å². The summed E-state index contributed by atoms with van der Waals surface area (Å²) in [5.41, 5.74) is 1.87. The Bertz CT molecular complexity index is 1080. The fraction of sp³-hybridized carbons (Fsp3) is 0.400. The minimum Gasteiger partial charge on any atom is -0.379 e. The lowest BCUT2D eigenvalue weighted by Gasteiger charge is -2.28. The SMILES string of the molecule is O=C(c1ccnc(N2CCOCC2)c1)N1CCOC[C@@H](Cc2cncc3ccccc23)C1. The number of rotatable bonds is 4. The van der Waals surface area contributed by atoms with Crippen LogP contribution >= 0.6 is 0 Å². The Morgan fingerprint density at radius 1 is 1.03 bits per heavy atom. The number of morpholine rings is 1. The summed E-state index contributed by atoms with van der Waals surface area (Å²) < 4.78 is 11.3. The van der Waals surface area contributed by atoms with Crippen molar-refractivity contribution in [2.75, 3.05) is 57.5 Å². The number of nitrogens with zero attached hydrogens (tertiary/aromatic N) is 4. The van der Waals surface area contributed by atoms with Crippen molar-refractivity contribution in [3.63, 3.8) is 0 Å². The maximum Gasteiger partial charge on any atom is 0.254 e. The van der Waals surface area contributed by atoms with Crippen LogP contribution in [0, 0.1) is 5.92 Å². The van der Waals surface area contributed by atoms with E-state index >= 15 is 0 Å². The molecule has 7 heteroatoms. The molecule has 0 saturated carbocycles. The monoisotopic (exact) mass is 432 g/mol. The first-order valence-corrected chi connectivity index (χ1v) is 11.3. The zero-order valence-corrected chi connectivity index (χ0v) is 18.2. The van der Waals surface area contributed by atoms with E-state index in [1.54, 1.807) is 6.20 Å². The molecule has 2 fully saturated rings. The number of hydrogen-bond acceptors (Lipinski definition) is 6. The first kappa shape index (κ1) is 20.8. The Morgan fingerprint density at radius 2 is 1.88 bits per heavy atom. The summed E-state index contributed by atoms with van der Waals surface area (Å²) in [5, 5.41) is 2.36. The van der Waals surface area contributed by atoms with Crippen LogP contribution in [0.5, 0.6) is 0 Å².